The van der Waals surface area contributed by atoms with Crippen LogP contribution < -0.4 is 5.73 Å². The van der Waals surface area contributed by atoms with Gasteiger partial charge in [0.2, 0.25) is 0 Å². The van der Waals surface area contributed by atoms with Crippen LogP contribution in [0, 0.1) is 5.41 Å². The second-order valence-corrected chi connectivity index (χ2v) is 4.45. The van der Waals surface area contributed by atoms with Gasteiger partial charge in [-0.3, -0.25) is 4.98 Å². The summed E-state index contributed by atoms with van der Waals surface area (Å²) in [6.45, 7) is 0.821. The summed E-state index contributed by atoms with van der Waals surface area (Å²) in [5.41, 5.74) is 7.61. The van der Waals surface area contributed by atoms with Crippen molar-refractivity contribution in [3.05, 3.63) is 30.1 Å². The highest BCUT2D eigenvalue weighted by atomic mass is 35.5. The molecule has 92 valence electrons. The molecule has 1 fully saturated rings. The number of hydrogen-bond acceptors (Lipinski definition) is 2. The van der Waals surface area contributed by atoms with Crippen molar-refractivity contribution >= 4 is 24.8 Å². The van der Waals surface area contributed by atoms with Crippen molar-refractivity contribution in [3.8, 4) is 0 Å². The maximum atomic E-state index is 5.90. The summed E-state index contributed by atoms with van der Waals surface area (Å²) < 4.78 is 0. The maximum absolute atomic E-state index is 5.90. The zero-order valence-electron chi connectivity index (χ0n) is 9.39. The maximum Gasteiger partial charge on any atom is 0.0300 e. The number of hydrogen-bond donors (Lipinski definition) is 1. The van der Waals surface area contributed by atoms with Crippen LogP contribution in [-0.2, 0) is 6.42 Å². The standard InChI is InChI=1S/C12H18N2.2ClH/c13-10-12(5-1-2-6-12)8-11-4-3-7-14-9-11;;/h3-4,7,9H,1-2,5-6,8,10,13H2;2*1H. The number of nitrogens with two attached hydrogens (primary N) is 1. The van der Waals surface area contributed by atoms with E-state index in [9.17, 15) is 0 Å². The van der Waals surface area contributed by atoms with Crippen molar-refractivity contribution in [2.75, 3.05) is 6.54 Å². The van der Waals surface area contributed by atoms with Crippen LogP contribution in [0.5, 0.6) is 0 Å². The van der Waals surface area contributed by atoms with Crippen LogP contribution in [0.2, 0.25) is 0 Å². The Balaban J connectivity index is 0.00000112. The Morgan fingerprint density at radius 3 is 2.44 bits per heavy atom. The van der Waals surface area contributed by atoms with Crippen LogP contribution in [0.3, 0.4) is 0 Å². The van der Waals surface area contributed by atoms with Gasteiger partial charge >= 0.3 is 0 Å². The molecule has 1 aliphatic rings. The fourth-order valence-corrected chi connectivity index (χ4v) is 2.51. The summed E-state index contributed by atoms with van der Waals surface area (Å²) in [6.07, 6.45) is 10.2. The summed E-state index contributed by atoms with van der Waals surface area (Å²) >= 11 is 0. The molecule has 0 atom stereocenters. The van der Waals surface area contributed by atoms with Gasteiger partial charge in [0.05, 0.1) is 0 Å². The molecular weight excluding hydrogens is 243 g/mol. The molecule has 1 heterocycles. The third-order valence-electron chi connectivity index (χ3n) is 3.40. The van der Waals surface area contributed by atoms with E-state index < -0.39 is 0 Å². The zero-order valence-corrected chi connectivity index (χ0v) is 11.0. The quantitative estimate of drug-likeness (QED) is 0.910. The summed E-state index contributed by atoms with van der Waals surface area (Å²) in [6, 6.07) is 4.16. The minimum Gasteiger partial charge on any atom is -0.330 e. The van der Waals surface area contributed by atoms with E-state index >= 15 is 0 Å². The molecule has 2 rings (SSSR count). The molecule has 4 heteroatoms. The lowest BCUT2D eigenvalue weighted by Gasteiger charge is -2.26. The fourth-order valence-electron chi connectivity index (χ4n) is 2.51. The number of aromatic nitrogens is 1. The Bertz CT molecular complexity index is 284. The summed E-state index contributed by atoms with van der Waals surface area (Å²) in [5.74, 6) is 0. The van der Waals surface area contributed by atoms with Crippen LogP contribution in [0.1, 0.15) is 31.2 Å². The van der Waals surface area contributed by atoms with Gasteiger partial charge in [0.15, 0.2) is 0 Å². The van der Waals surface area contributed by atoms with E-state index in [0.29, 0.717) is 5.41 Å². The molecule has 0 unspecified atom stereocenters. The first-order valence-corrected chi connectivity index (χ1v) is 5.44. The van der Waals surface area contributed by atoms with E-state index in [1.807, 2.05) is 18.5 Å². The first-order chi connectivity index (χ1) is 6.85. The van der Waals surface area contributed by atoms with Crippen LogP contribution in [0.25, 0.3) is 0 Å². The molecule has 1 aliphatic carbocycles. The molecule has 0 aromatic carbocycles. The predicted octanol–water partition coefficient (Wildman–Crippen LogP) is 2.99. The predicted molar refractivity (Wildman–Crippen MR) is 72.4 cm³/mol. The third-order valence-corrected chi connectivity index (χ3v) is 3.40. The normalized spacial score (nSPS) is 17.3. The highest BCUT2D eigenvalue weighted by Gasteiger charge is 2.32. The molecule has 1 aromatic heterocycles. The Hall–Kier alpha value is -0.310. The molecular formula is C12H20Cl2N2. The first kappa shape index (κ1) is 15.7. The number of pyridine rings is 1. The van der Waals surface area contributed by atoms with Crippen molar-refractivity contribution in [2.24, 2.45) is 11.1 Å². The van der Waals surface area contributed by atoms with E-state index in [0.717, 1.165) is 13.0 Å². The molecule has 0 radical (unpaired) electrons. The van der Waals surface area contributed by atoms with Gasteiger partial charge in [-0.1, -0.05) is 18.9 Å². The average molecular weight is 263 g/mol. The number of rotatable bonds is 3. The van der Waals surface area contributed by atoms with E-state index in [1.165, 1.54) is 31.2 Å². The van der Waals surface area contributed by atoms with Crippen molar-refractivity contribution in [2.45, 2.75) is 32.1 Å². The Morgan fingerprint density at radius 1 is 1.25 bits per heavy atom. The summed E-state index contributed by atoms with van der Waals surface area (Å²) in [7, 11) is 0. The number of nitrogens with zero attached hydrogens (tertiary/aromatic N) is 1. The Morgan fingerprint density at radius 2 is 1.94 bits per heavy atom. The molecule has 0 spiro atoms. The first-order valence-electron chi connectivity index (χ1n) is 5.44. The lowest BCUT2D eigenvalue weighted by molar-refractivity contribution is 0.306. The third kappa shape index (κ3) is 3.62. The molecule has 1 saturated carbocycles. The van der Waals surface area contributed by atoms with Gasteiger partial charge in [-0.2, -0.15) is 0 Å². The highest BCUT2D eigenvalue weighted by Crippen LogP contribution is 2.39. The second kappa shape index (κ2) is 7.10. The van der Waals surface area contributed by atoms with Crippen LogP contribution in [0.15, 0.2) is 24.5 Å². The van der Waals surface area contributed by atoms with Gasteiger partial charge in [-0.05, 0) is 42.9 Å². The smallest absolute Gasteiger partial charge is 0.0300 e. The van der Waals surface area contributed by atoms with Gasteiger partial charge < -0.3 is 5.73 Å². The fraction of sp³-hybridized carbons (Fsp3) is 0.583. The Kier molecular flexibility index (Phi) is 6.96. The van der Waals surface area contributed by atoms with Crippen LogP contribution in [0.4, 0.5) is 0 Å². The van der Waals surface area contributed by atoms with E-state index in [4.69, 9.17) is 5.73 Å². The van der Waals surface area contributed by atoms with Gasteiger partial charge in [-0.25, -0.2) is 0 Å². The van der Waals surface area contributed by atoms with Gasteiger partial charge in [0.1, 0.15) is 0 Å². The molecule has 0 amide bonds. The second-order valence-electron chi connectivity index (χ2n) is 4.45. The molecule has 1 aromatic rings. The number of halogens is 2. The van der Waals surface area contributed by atoms with Crippen molar-refractivity contribution in [3.63, 3.8) is 0 Å². The summed E-state index contributed by atoms with van der Waals surface area (Å²) in [5, 5.41) is 0. The topological polar surface area (TPSA) is 38.9 Å². The molecule has 0 bridgehead atoms. The van der Waals surface area contributed by atoms with Crippen LogP contribution in [-0.4, -0.2) is 11.5 Å². The SMILES string of the molecule is Cl.Cl.NCC1(Cc2cccnc2)CCCC1. The minimum absolute atomic E-state index is 0. The highest BCUT2D eigenvalue weighted by molar-refractivity contribution is 5.85. The molecule has 0 saturated heterocycles. The van der Waals surface area contributed by atoms with Gasteiger partial charge in [0.25, 0.3) is 0 Å². The monoisotopic (exact) mass is 262 g/mol. The van der Waals surface area contributed by atoms with Gasteiger partial charge in [0, 0.05) is 12.4 Å². The van der Waals surface area contributed by atoms with Crippen molar-refractivity contribution < 1.29 is 0 Å². The lowest BCUT2D eigenvalue weighted by atomic mass is 9.80. The largest absolute Gasteiger partial charge is 0.330 e. The average Bonchev–Trinajstić information content (AvgIpc) is 2.69. The minimum atomic E-state index is 0. The van der Waals surface area contributed by atoms with Crippen LogP contribution >= 0.6 is 24.8 Å². The molecule has 2 nitrogen and oxygen atoms in total. The molecule has 16 heavy (non-hydrogen) atoms. The molecule has 0 aliphatic heterocycles. The molecule has 2 N–H and O–H groups in total. The van der Waals surface area contributed by atoms with Crippen molar-refractivity contribution in [1.82, 2.24) is 4.98 Å². The van der Waals surface area contributed by atoms with Crippen molar-refractivity contribution in [1.29, 1.82) is 0 Å². The zero-order chi connectivity index (χ0) is 9.86. The summed E-state index contributed by atoms with van der Waals surface area (Å²) in [4.78, 5) is 4.15. The van der Waals surface area contributed by atoms with E-state index in [2.05, 4.69) is 11.1 Å². The van der Waals surface area contributed by atoms with Gasteiger partial charge in [-0.15, -0.1) is 24.8 Å². The van der Waals surface area contributed by atoms with E-state index in [-0.39, 0.29) is 24.8 Å². The lowest BCUT2D eigenvalue weighted by Crippen LogP contribution is -2.29. The Labute approximate surface area is 110 Å². The van der Waals surface area contributed by atoms with E-state index in [1.54, 1.807) is 0 Å².